The molecule has 1 aliphatic rings. The Balaban J connectivity index is 2.23. The predicted molar refractivity (Wildman–Crippen MR) is 59.7 cm³/mol. The molecule has 0 saturated carbocycles. The van der Waals surface area contributed by atoms with Crippen LogP contribution >= 0.6 is 0 Å². The second-order valence-corrected chi connectivity index (χ2v) is 3.99. The van der Waals surface area contributed by atoms with E-state index in [0.717, 1.165) is 0 Å². The monoisotopic (exact) mass is 180 g/mol. The van der Waals surface area contributed by atoms with Gasteiger partial charge in [-0.3, -0.25) is 4.98 Å². The third kappa shape index (κ3) is 1.14. The zero-order chi connectivity index (χ0) is 9.54. The number of hydrogen-bond donors (Lipinski definition) is 0. The molecule has 1 radical (unpaired) electrons. The molecule has 2 atom stereocenters. The van der Waals surface area contributed by atoms with Crippen LogP contribution in [0.15, 0.2) is 36.5 Å². The maximum Gasteiger partial charge on any atom is 0.124 e. The lowest BCUT2D eigenvalue weighted by Gasteiger charge is -2.04. The molecule has 3 rings (SSSR count). The fourth-order valence-electron chi connectivity index (χ4n) is 2.01. The molecule has 0 bridgehead atoms. The standard InChI is InChI=1S/C12H11BN/c1-8-11(13-8)12-10-5-3-2-4-9(10)6-7-14-12/h2-8,11H,1H3/t8-,11?/m0/s1. The number of hydrogen-bond acceptors (Lipinski definition) is 1. The first-order valence-corrected chi connectivity index (χ1v) is 5.05. The van der Waals surface area contributed by atoms with Crippen LogP contribution in [0.5, 0.6) is 0 Å². The summed E-state index contributed by atoms with van der Waals surface area (Å²) in [5, 5.41) is 2.60. The molecular formula is C12H11BN. The number of nitrogens with zero attached hydrogens (tertiary/aromatic N) is 1. The summed E-state index contributed by atoms with van der Waals surface area (Å²) in [4.78, 5) is 4.49. The minimum Gasteiger partial charge on any atom is -0.261 e. The van der Waals surface area contributed by atoms with Crippen LogP contribution in [0.4, 0.5) is 0 Å². The van der Waals surface area contributed by atoms with Crippen molar-refractivity contribution < 1.29 is 0 Å². The lowest BCUT2D eigenvalue weighted by atomic mass is 9.96. The Morgan fingerprint density at radius 1 is 1.21 bits per heavy atom. The summed E-state index contributed by atoms with van der Waals surface area (Å²) in [6.07, 6.45) is 1.91. The van der Waals surface area contributed by atoms with E-state index in [2.05, 4.69) is 49.5 Å². The van der Waals surface area contributed by atoms with Crippen molar-refractivity contribution in [2.45, 2.75) is 18.6 Å². The van der Waals surface area contributed by atoms with Gasteiger partial charge in [0.15, 0.2) is 0 Å². The summed E-state index contributed by atoms with van der Waals surface area (Å²) in [5.41, 5.74) is 1.25. The van der Waals surface area contributed by atoms with Crippen molar-refractivity contribution in [3.05, 3.63) is 42.2 Å². The largest absolute Gasteiger partial charge is 0.261 e. The van der Waals surface area contributed by atoms with E-state index in [4.69, 9.17) is 0 Å². The van der Waals surface area contributed by atoms with E-state index in [1.807, 2.05) is 6.20 Å². The Kier molecular flexibility index (Phi) is 1.63. The average Bonchev–Trinajstić information content (AvgIpc) is 2.95. The van der Waals surface area contributed by atoms with E-state index in [1.165, 1.54) is 16.5 Å². The van der Waals surface area contributed by atoms with Crippen molar-refractivity contribution in [1.29, 1.82) is 0 Å². The molecule has 1 saturated heterocycles. The highest BCUT2D eigenvalue weighted by atomic mass is 14.7. The Bertz CT molecular complexity index is 475. The summed E-state index contributed by atoms with van der Waals surface area (Å²) < 4.78 is 0. The molecule has 2 heterocycles. The Morgan fingerprint density at radius 2 is 2.00 bits per heavy atom. The third-order valence-electron chi connectivity index (χ3n) is 2.96. The number of fused-ring (bicyclic) bond motifs is 1. The van der Waals surface area contributed by atoms with Gasteiger partial charge in [0.05, 0.1) is 0 Å². The van der Waals surface area contributed by atoms with Gasteiger partial charge in [-0.2, -0.15) is 0 Å². The van der Waals surface area contributed by atoms with Crippen LogP contribution in [0.25, 0.3) is 10.8 Å². The van der Waals surface area contributed by atoms with E-state index in [-0.39, 0.29) is 0 Å². The van der Waals surface area contributed by atoms with Gasteiger partial charge in [-0.15, -0.1) is 0 Å². The molecule has 1 unspecified atom stereocenters. The van der Waals surface area contributed by atoms with Crippen molar-refractivity contribution in [2.75, 3.05) is 0 Å². The molecule has 0 N–H and O–H groups in total. The normalized spacial score (nSPS) is 24.6. The zero-order valence-electron chi connectivity index (χ0n) is 8.14. The summed E-state index contributed by atoms with van der Waals surface area (Å²) in [7, 11) is 2.34. The first kappa shape index (κ1) is 8.04. The Labute approximate surface area is 84.4 Å². The van der Waals surface area contributed by atoms with E-state index in [9.17, 15) is 0 Å². The van der Waals surface area contributed by atoms with E-state index < -0.39 is 0 Å². The summed E-state index contributed by atoms with van der Waals surface area (Å²) >= 11 is 0. The molecule has 2 aromatic rings. The Morgan fingerprint density at radius 3 is 2.79 bits per heavy atom. The predicted octanol–water partition coefficient (Wildman–Crippen LogP) is 2.80. The third-order valence-corrected chi connectivity index (χ3v) is 2.96. The molecule has 1 nitrogen and oxygen atoms in total. The van der Waals surface area contributed by atoms with Crippen LogP contribution in [0.2, 0.25) is 5.82 Å². The van der Waals surface area contributed by atoms with Gasteiger partial charge in [0.2, 0.25) is 0 Å². The summed E-state index contributed by atoms with van der Waals surface area (Å²) in [6.45, 7) is 2.24. The van der Waals surface area contributed by atoms with Crippen LogP contribution in [0.3, 0.4) is 0 Å². The highest BCUT2D eigenvalue weighted by Crippen LogP contribution is 2.44. The van der Waals surface area contributed by atoms with Gasteiger partial charge in [0, 0.05) is 17.3 Å². The van der Waals surface area contributed by atoms with Gasteiger partial charge < -0.3 is 0 Å². The highest BCUT2D eigenvalue weighted by molar-refractivity contribution is 6.53. The van der Waals surface area contributed by atoms with Crippen LogP contribution in [-0.4, -0.2) is 12.3 Å². The smallest absolute Gasteiger partial charge is 0.124 e. The van der Waals surface area contributed by atoms with Crippen LogP contribution < -0.4 is 0 Å². The van der Waals surface area contributed by atoms with Crippen molar-refractivity contribution in [2.24, 2.45) is 0 Å². The van der Waals surface area contributed by atoms with Gasteiger partial charge in [0.1, 0.15) is 7.28 Å². The van der Waals surface area contributed by atoms with Crippen molar-refractivity contribution in [3.8, 4) is 0 Å². The maximum absolute atomic E-state index is 4.49. The van der Waals surface area contributed by atoms with Crippen LogP contribution in [-0.2, 0) is 0 Å². The van der Waals surface area contributed by atoms with Crippen molar-refractivity contribution in [3.63, 3.8) is 0 Å². The topological polar surface area (TPSA) is 12.9 Å². The van der Waals surface area contributed by atoms with Gasteiger partial charge in [0.25, 0.3) is 0 Å². The zero-order valence-corrected chi connectivity index (χ0v) is 8.14. The number of benzene rings is 1. The quantitative estimate of drug-likeness (QED) is 0.615. The second-order valence-electron chi connectivity index (χ2n) is 3.99. The highest BCUT2D eigenvalue weighted by Gasteiger charge is 2.37. The van der Waals surface area contributed by atoms with E-state index >= 15 is 0 Å². The molecule has 1 fully saturated rings. The number of rotatable bonds is 1. The fourth-order valence-corrected chi connectivity index (χ4v) is 2.01. The van der Waals surface area contributed by atoms with E-state index in [0.29, 0.717) is 11.6 Å². The molecule has 2 heteroatoms. The minimum atomic E-state index is 0.584. The van der Waals surface area contributed by atoms with Crippen molar-refractivity contribution >= 4 is 18.1 Å². The summed E-state index contributed by atoms with van der Waals surface area (Å²) in [5.74, 6) is 1.29. The minimum absolute atomic E-state index is 0.584. The first-order chi connectivity index (χ1) is 6.86. The van der Waals surface area contributed by atoms with E-state index in [1.54, 1.807) is 0 Å². The first-order valence-electron chi connectivity index (χ1n) is 5.05. The number of pyridine rings is 1. The SMILES string of the molecule is C[C@@H]1[B]C1c1nccc2ccccc12. The molecule has 1 aromatic heterocycles. The Hall–Kier alpha value is -1.31. The molecule has 0 spiro atoms. The van der Waals surface area contributed by atoms with Crippen molar-refractivity contribution in [1.82, 2.24) is 4.98 Å². The molecule has 0 amide bonds. The fraction of sp³-hybridized carbons (Fsp3) is 0.250. The molecule has 1 aliphatic heterocycles. The lowest BCUT2D eigenvalue weighted by molar-refractivity contribution is 0.981. The molecule has 14 heavy (non-hydrogen) atoms. The molecule has 1 aromatic carbocycles. The van der Waals surface area contributed by atoms with Crippen LogP contribution in [0.1, 0.15) is 18.4 Å². The summed E-state index contributed by atoms with van der Waals surface area (Å²) in [6, 6.07) is 10.5. The van der Waals surface area contributed by atoms with Gasteiger partial charge in [-0.05, 0) is 17.3 Å². The molecular weight excluding hydrogens is 169 g/mol. The average molecular weight is 180 g/mol. The van der Waals surface area contributed by atoms with Gasteiger partial charge >= 0.3 is 0 Å². The molecule has 67 valence electrons. The maximum atomic E-state index is 4.49. The van der Waals surface area contributed by atoms with Gasteiger partial charge in [-0.25, -0.2) is 0 Å². The lowest BCUT2D eigenvalue weighted by Crippen LogP contribution is -1.89. The second kappa shape index (κ2) is 2.84. The molecule has 0 aliphatic carbocycles. The van der Waals surface area contributed by atoms with Gasteiger partial charge in [-0.1, -0.05) is 37.0 Å². The number of aromatic nitrogens is 1. The van der Waals surface area contributed by atoms with Crippen LogP contribution in [0, 0.1) is 0 Å².